The van der Waals surface area contributed by atoms with Crippen LogP contribution in [0.2, 0.25) is 23.2 Å². The molecule has 0 radical (unpaired) electrons. The van der Waals surface area contributed by atoms with Crippen molar-refractivity contribution >= 4 is 23.1 Å². The molecule has 0 amide bonds. The van der Waals surface area contributed by atoms with E-state index in [4.69, 9.17) is 17.7 Å². The van der Waals surface area contributed by atoms with Gasteiger partial charge in [0.05, 0.1) is 5.92 Å². The molecule has 194 valence electrons. The summed E-state index contributed by atoms with van der Waals surface area (Å²) >= 11 is 0. The summed E-state index contributed by atoms with van der Waals surface area (Å²) < 4.78 is 25.0. The minimum Gasteiger partial charge on any atom is -0.518 e. The molecule has 2 aliphatic carbocycles. The molecule has 2 rings (SSSR count). The van der Waals surface area contributed by atoms with Crippen LogP contribution >= 0.6 is 0 Å². The lowest BCUT2D eigenvalue weighted by atomic mass is 10.2. The Kier molecular flexibility index (Phi) is 13.2. The van der Waals surface area contributed by atoms with Crippen LogP contribution < -0.4 is 0 Å². The van der Waals surface area contributed by atoms with E-state index in [-0.39, 0.29) is 11.9 Å². The first kappa shape index (κ1) is 29.0. The van der Waals surface area contributed by atoms with Crippen molar-refractivity contribution in [1.29, 1.82) is 0 Å². The van der Waals surface area contributed by atoms with Crippen molar-refractivity contribution in [3.63, 3.8) is 0 Å². The normalized spacial score (nSPS) is 19.3. The quantitative estimate of drug-likeness (QED) is 0.152. The zero-order valence-corrected chi connectivity index (χ0v) is 24.3. The van der Waals surface area contributed by atoms with E-state index in [1.807, 2.05) is 27.7 Å². The van der Waals surface area contributed by atoms with Crippen molar-refractivity contribution in [1.82, 2.24) is 0 Å². The zero-order valence-electron chi connectivity index (χ0n) is 22.3. The molecule has 0 N–H and O–H groups in total. The minimum absolute atomic E-state index is 0.00746. The molecule has 2 aliphatic rings. The van der Waals surface area contributed by atoms with E-state index in [1.165, 1.54) is 83.1 Å². The molecule has 0 spiro atoms. The molecule has 0 aliphatic heterocycles. The van der Waals surface area contributed by atoms with E-state index in [1.54, 1.807) is 0 Å². The number of hydrogen-bond donors (Lipinski definition) is 0. The largest absolute Gasteiger partial charge is 0.518 e. The highest BCUT2D eigenvalue weighted by Gasteiger charge is 2.54. The molecule has 33 heavy (non-hydrogen) atoms. The first-order chi connectivity index (χ1) is 16.0. The van der Waals surface area contributed by atoms with Gasteiger partial charge in [0.15, 0.2) is 0 Å². The Morgan fingerprint density at radius 2 is 1.27 bits per heavy atom. The molecular formula is C26H52O5Si2. The maximum absolute atomic E-state index is 13.7. The summed E-state index contributed by atoms with van der Waals surface area (Å²) in [4.78, 5) is 13.7. The van der Waals surface area contributed by atoms with Crippen LogP contribution in [0.1, 0.15) is 112 Å². The fourth-order valence-corrected chi connectivity index (χ4v) is 15.2. The van der Waals surface area contributed by atoms with Crippen molar-refractivity contribution < 1.29 is 22.5 Å². The summed E-state index contributed by atoms with van der Waals surface area (Å²) in [6, 6.07) is 1.68. The van der Waals surface area contributed by atoms with Gasteiger partial charge in [0, 0.05) is 25.9 Å². The van der Waals surface area contributed by atoms with Gasteiger partial charge in [0.1, 0.15) is 0 Å². The van der Waals surface area contributed by atoms with Gasteiger partial charge in [-0.25, -0.2) is 0 Å². The molecule has 0 heterocycles. The van der Waals surface area contributed by atoms with Crippen LogP contribution in [-0.2, 0) is 22.5 Å². The van der Waals surface area contributed by atoms with Gasteiger partial charge in [0.25, 0.3) is 14.3 Å². The van der Waals surface area contributed by atoms with Crippen LogP contribution in [-0.4, -0.2) is 42.9 Å². The average molecular weight is 501 g/mol. The molecule has 5 nitrogen and oxygen atoms in total. The van der Waals surface area contributed by atoms with Crippen molar-refractivity contribution in [3.8, 4) is 0 Å². The number of hydrogen-bond acceptors (Lipinski definition) is 5. The van der Waals surface area contributed by atoms with Crippen LogP contribution in [0.4, 0.5) is 0 Å². The third kappa shape index (κ3) is 8.16. The second-order valence-corrected chi connectivity index (χ2v) is 17.1. The van der Waals surface area contributed by atoms with Gasteiger partial charge in [-0.15, -0.1) is 0 Å². The van der Waals surface area contributed by atoms with Gasteiger partial charge in [-0.2, -0.15) is 0 Å². The summed E-state index contributed by atoms with van der Waals surface area (Å²) in [5.41, 5.74) is 1.32. The summed E-state index contributed by atoms with van der Waals surface area (Å²) in [5.74, 6) is -0.265. The molecule has 0 bridgehead atoms. The maximum atomic E-state index is 13.7. The van der Waals surface area contributed by atoms with Crippen molar-refractivity contribution in [2.75, 3.05) is 19.8 Å². The molecule has 2 saturated carbocycles. The standard InChI is InChI=1S/C26H52O5Si2/c1-6-10-11-16-21-32(24-17-12-13-18-24,25-19-14-15-20-25)31-26(27)23(5)22-33(28-7-2,29-8-3)30-9-4/h23-25H,6-22H2,1-5H3. The van der Waals surface area contributed by atoms with E-state index in [0.717, 1.165) is 0 Å². The van der Waals surface area contributed by atoms with E-state index < -0.39 is 17.1 Å². The molecule has 0 aromatic carbocycles. The molecular weight excluding hydrogens is 448 g/mol. The molecule has 1 unspecified atom stereocenters. The Hall–Kier alpha value is -0.216. The van der Waals surface area contributed by atoms with E-state index in [9.17, 15) is 4.79 Å². The highest BCUT2D eigenvalue weighted by Crippen LogP contribution is 2.53. The first-order valence-electron chi connectivity index (χ1n) is 14.1. The van der Waals surface area contributed by atoms with Crippen LogP contribution in [0, 0.1) is 5.92 Å². The fourth-order valence-electron chi connectivity index (χ4n) is 6.32. The first-order valence-corrected chi connectivity index (χ1v) is 18.3. The fraction of sp³-hybridized carbons (Fsp3) is 0.962. The predicted molar refractivity (Wildman–Crippen MR) is 140 cm³/mol. The average Bonchev–Trinajstić information content (AvgIpc) is 3.51. The van der Waals surface area contributed by atoms with Crippen molar-refractivity contribution in [3.05, 3.63) is 0 Å². The molecule has 0 aromatic rings. The Labute approximate surface area is 206 Å². The second kappa shape index (κ2) is 15.0. The predicted octanol–water partition coefficient (Wildman–Crippen LogP) is 7.63. The zero-order chi connectivity index (χ0) is 24.2. The summed E-state index contributed by atoms with van der Waals surface area (Å²) in [7, 11) is -5.07. The molecule has 7 heteroatoms. The van der Waals surface area contributed by atoms with Gasteiger partial charge in [0.2, 0.25) is 0 Å². The second-order valence-electron chi connectivity index (χ2n) is 10.2. The highest BCUT2D eigenvalue weighted by molar-refractivity contribution is 6.78. The maximum Gasteiger partial charge on any atom is 0.501 e. The van der Waals surface area contributed by atoms with Crippen LogP contribution in [0.3, 0.4) is 0 Å². The molecule has 2 fully saturated rings. The van der Waals surface area contributed by atoms with Gasteiger partial charge < -0.3 is 17.7 Å². The van der Waals surface area contributed by atoms with Gasteiger partial charge in [-0.1, -0.05) is 65.2 Å². The van der Waals surface area contributed by atoms with Gasteiger partial charge >= 0.3 is 8.80 Å². The lowest BCUT2D eigenvalue weighted by molar-refractivity contribution is -0.139. The Balaban J connectivity index is 2.22. The molecule has 1 atom stereocenters. The number of rotatable bonds is 17. The number of carbonyl (C=O) groups is 1. The monoisotopic (exact) mass is 500 g/mol. The number of unbranched alkanes of at least 4 members (excludes halogenated alkanes) is 3. The third-order valence-electron chi connectivity index (χ3n) is 7.86. The molecule has 0 saturated heterocycles. The smallest absolute Gasteiger partial charge is 0.501 e. The summed E-state index contributed by atoms with van der Waals surface area (Å²) in [6.45, 7) is 11.8. The van der Waals surface area contributed by atoms with Gasteiger partial charge in [-0.05, 0) is 63.6 Å². The third-order valence-corrected chi connectivity index (χ3v) is 16.8. The topological polar surface area (TPSA) is 54.0 Å². The van der Waals surface area contributed by atoms with E-state index in [0.29, 0.717) is 36.9 Å². The lowest BCUT2D eigenvalue weighted by Gasteiger charge is -2.42. The Morgan fingerprint density at radius 1 is 0.788 bits per heavy atom. The van der Waals surface area contributed by atoms with Crippen LogP contribution in [0.15, 0.2) is 0 Å². The van der Waals surface area contributed by atoms with Crippen molar-refractivity contribution in [2.24, 2.45) is 5.92 Å². The van der Waals surface area contributed by atoms with Crippen LogP contribution in [0.5, 0.6) is 0 Å². The van der Waals surface area contributed by atoms with Crippen LogP contribution in [0.25, 0.3) is 0 Å². The highest BCUT2D eigenvalue weighted by atomic mass is 28.4. The SMILES string of the molecule is CCCCCC[Si](OC(=O)C(C)C[Si](OCC)(OCC)OCC)(C1CCCC1)C1CCCC1. The summed E-state index contributed by atoms with van der Waals surface area (Å²) in [5, 5.41) is 0. The Morgan fingerprint density at radius 3 is 1.70 bits per heavy atom. The Bertz CT molecular complexity index is 514. The van der Waals surface area contributed by atoms with E-state index in [2.05, 4.69) is 6.92 Å². The molecule has 0 aromatic heterocycles. The number of carbonyl (C=O) groups excluding carboxylic acids is 1. The minimum atomic E-state index is -2.88. The van der Waals surface area contributed by atoms with E-state index >= 15 is 0 Å². The van der Waals surface area contributed by atoms with Gasteiger partial charge in [-0.3, -0.25) is 4.79 Å². The van der Waals surface area contributed by atoms with Crippen molar-refractivity contribution in [2.45, 2.75) is 135 Å². The lowest BCUT2D eigenvalue weighted by Crippen LogP contribution is -2.51. The summed E-state index contributed by atoms with van der Waals surface area (Å²) in [6.07, 6.45) is 15.4.